The monoisotopic (exact) mass is 523 g/mol. The minimum absolute atomic E-state index is 0.942. The van der Waals surface area contributed by atoms with Gasteiger partial charge in [0.15, 0.2) is 0 Å². The highest BCUT2D eigenvalue weighted by atomic mass is 15.1. The van der Waals surface area contributed by atoms with Gasteiger partial charge in [-0.05, 0) is 68.6 Å². The molecule has 192 valence electrons. The zero-order valence-electron chi connectivity index (χ0n) is 22.3. The standard InChI is InChI=1S/C38H25N3/c1-2-14-27(15-3-1)41-35-23-11-10-22-34(35)40-38(41)37-32-20-8-6-18-30(32)36(31-19-7-9-21-33(31)37)29-17-5-4-16-28(29)26-13-12-24-39-25-26/h1-25H. The Morgan fingerprint density at radius 3 is 1.73 bits per heavy atom. The van der Waals surface area contributed by atoms with Gasteiger partial charge >= 0.3 is 0 Å². The number of pyridine rings is 1. The number of aromatic nitrogens is 3. The van der Waals surface area contributed by atoms with E-state index in [1.165, 1.54) is 38.2 Å². The Bertz CT molecular complexity index is 2140. The number of rotatable bonds is 4. The average Bonchev–Trinajstić information content (AvgIpc) is 3.43. The predicted octanol–water partition coefficient (Wildman–Crippen LogP) is 9.73. The smallest absolute Gasteiger partial charge is 0.146 e. The van der Waals surface area contributed by atoms with Crippen LogP contribution in [0.4, 0.5) is 0 Å². The van der Waals surface area contributed by atoms with Gasteiger partial charge in [-0.2, -0.15) is 0 Å². The summed E-state index contributed by atoms with van der Waals surface area (Å²) in [5, 5.41) is 4.75. The average molecular weight is 524 g/mol. The second kappa shape index (κ2) is 9.58. The Morgan fingerprint density at radius 1 is 0.463 bits per heavy atom. The molecule has 0 fully saturated rings. The van der Waals surface area contributed by atoms with Crippen LogP contribution >= 0.6 is 0 Å². The third kappa shape index (κ3) is 3.75. The number of hydrogen-bond acceptors (Lipinski definition) is 2. The number of hydrogen-bond donors (Lipinski definition) is 0. The molecule has 0 amide bonds. The number of fused-ring (bicyclic) bond motifs is 3. The highest BCUT2D eigenvalue weighted by molar-refractivity contribution is 6.22. The molecule has 0 saturated heterocycles. The van der Waals surface area contributed by atoms with Gasteiger partial charge in [0.05, 0.1) is 11.0 Å². The maximum Gasteiger partial charge on any atom is 0.146 e. The molecule has 8 rings (SSSR count). The molecular formula is C38H25N3. The summed E-state index contributed by atoms with van der Waals surface area (Å²) in [6.07, 6.45) is 3.77. The fraction of sp³-hybridized carbons (Fsp3) is 0. The molecule has 2 aromatic heterocycles. The highest BCUT2D eigenvalue weighted by Gasteiger charge is 2.22. The number of imidazole rings is 1. The molecule has 0 aliphatic carbocycles. The van der Waals surface area contributed by atoms with Crippen molar-refractivity contribution in [2.45, 2.75) is 0 Å². The largest absolute Gasteiger partial charge is 0.292 e. The van der Waals surface area contributed by atoms with E-state index in [-0.39, 0.29) is 0 Å². The summed E-state index contributed by atoms with van der Waals surface area (Å²) < 4.78 is 2.30. The Hall–Kier alpha value is -5.54. The Balaban J connectivity index is 1.53. The lowest BCUT2D eigenvalue weighted by atomic mass is 9.85. The maximum atomic E-state index is 5.28. The van der Waals surface area contributed by atoms with Crippen LogP contribution in [0.1, 0.15) is 0 Å². The molecule has 2 heterocycles. The van der Waals surface area contributed by atoms with Gasteiger partial charge in [-0.25, -0.2) is 4.98 Å². The van der Waals surface area contributed by atoms with Crippen LogP contribution in [0.3, 0.4) is 0 Å². The summed E-state index contributed by atoms with van der Waals surface area (Å²) in [5.41, 5.74) is 8.98. The van der Waals surface area contributed by atoms with Crippen molar-refractivity contribution in [3.63, 3.8) is 0 Å². The molecule has 0 saturated carbocycles. The topological polar surface area (TPSA) is 30.7 Å². The third-order valence-corrected chi connectivity index (χ3v) is 7.90. The van der Waals surface area contributed by atoms with Crippen molar-refractivity contribution in [3.8, 4) is 39.3 Å². The van der Waals surface area contributed by atoms with E-state index in [0.29, 0.717) is 0 Å². The molecule has 3 heteroatoms. The van der Waals surface area contributed by atoms with Gasteiger partial charge < -0.3 is 0 Å². The van der Waals surface area contributed by atoms with Crippen molar-refractivity contribution < 1.29 is 0 Å². The summed E-state index contributed by atoms with van der Waals surface area (Å²) in [6, 6.07) is 49.2. The van der Waals surface area contributed by atoms with Gasteiger partial charge in [0.25, 0.3) is 0 Å². The Kier molecular flexibility index (Phi) is 5.46. The molecule has 0 unspecified atom stereocenters. The van der Waals surface area contributed by atoms with Crippen molar-refractivity contribution in [1.29, 1.82) is 0 Å². The minimum atomic E-state index is 0.942. The Labute approximate surface area is 238 Å². The third-order valence-electron chi connectivity index (χ3n) is 7.90. The fourth-order valence-corrected chi connectivity index (χ4v) is 6.17. The quantitative estimate of drug-likeness (QED) is 0.215. The van der Waals surface area contributed by atoms with Gasteiger partial charge in [0, 0.05) is 29.2 Å². The molecule has 0 spiro atoms. The molecule has 0 radical (unpaired) electrons. The van der Waals surface area contributed by atoms with Crippen molar-refractivity contribution in [2.24, 2.45) is 0 Å². The highest BCUT2D eigenvalue weighted by Crippen LogP contribution is 2.46. The van der Waals surface area contributed by atoms with Crippen LogP contribution in [-0.2, 0) is 0 Å². The van der Waals surface area contributed by atoms with E-state index in [1.807, 2.05) is 18.5 Å². The summed E-state index contributed by atoms with van der Waals surface area (Å²) in [4.78, 5) is 9.70. The first-order valence-corrected chi connectivity index (χ1v) is 13.8. The molecule has 0 atom stereocenters. The number of nitrogens with zero attached hydrogens (tertiary/aromatic N) is 3. The first-order chi connectivity index (χ1) is 20.4. The van der Waals surface area contributed by atoms with E-state index in [2.05, 4.69) is 143 Å². The van der Waals surface area contributed by atoms with Gasteiger partial charge in [-0.1, -0.05) is 109 Å². The number of benzene rings is 6. The maximum absolute atomic E-state index is 5.28. The normalized spacial score (nSPS) is 11.4. The van der Waals surface area contributed by atoms with Crippen LogP contribution in [0.5, 0.6) is 0 Å². The molecule has 41 heavy (non-hydrogen) atoms. The summed E-state index contributed by atoms with van der Waals surface area (Å²) in [5.74, 6) is 0.942. The van der Waals surface area contributed by atoms with Gasteiger partial charge in [0.2, 0.25) is 0 Å². The van der Waals surface area contributed by atoms with Crippen molar-refractivity contribution in [2.75, 3.05) is 0 Å². The molecule has 8 aromatic rings. The number of para-hydroxylation sites is 3. The van der Waals surface area contributed by atoms with Gasteiger partial charge in [-0.3, -0.25) is 9.55 Å². The van der Waals surface area contributed by atoms with Crippen LogP contribution in [0.2, 0.25) is 0 Å². The molecular weight excluding hydrogens is 498 g/mol. The van der Waals surface area contributed by atoms with E-state index in [9.17, 15) is 0 Å². The van der Waals surface area contributed by atoms with Crippen molar-refractivity contribution in [3.05, 3.63) is 152 Å². The van der Waals surface area contributed by atoms with Crippen LogP contribution in [0.25, 0.3) is 71.9 Å². The lowest BCUT2D eigenvalue weighted by molar-refractivity contribution is 1.11. The second-order valence-corrected chi connectivity index (χ2v) is 10.2. The molecule has 0 N–H and O–H groups in total. The van der Waals surface area contributed by atoms with Crippen molar-refractivity contribution in [1.82, 2.24) is 14.5 Å². The van der Waals surface area contributed by atoms with Crippen LogP contribution < -0.4 is 0 Å². The van der Waals surface area contributed by atoms with Crippen LogP contribution in [0, 0.1) is 0 Å². The van der Waals surface area contributed by atoms with E-state index < -0.39 is 0 Å². The lowest BCUT2D eigenvalue weighted by Gasteiger charge is -2.20. The zero-order valence-corrected chi connectivity index (χ0v) is 22.3. The fourth-order valence-electron chi connectivity index (χ4n) is 6.17. The summed E-state index contributed by atoms with van der Waals surface area (Å²) >= 11 is 0. The second-order valence-electron chi connectivity index (χ2n) is 10.2. The molecule has 0 aliphatic rings. The first kappa shape index (κ1) is 23.4. The van der Waals surface area contributed by atoms with Crippen LogP contribution in [-0.4, -0.2) is 14.5 Å². The van der Waals surface area contributed by atoms with Crippen molar-refractivity contribution >= 4 is 32.6 Å². The van der Waals surface area contributed by atoms with E-state index in [1.54, 1.807) is 0 Å². The van der Waals surface area contributed by atoms with Gasteiger partial charge in [-0.15, -0.1) is 0 Å². The Morgan fingerprint density at radius 2 is 1.05 bits per heavy atom. The van der Waals surface area contributed by atoms with E-state index in [0.717, 1.165) is 33.7 Å². The molecule has 0 bridgehead atoms. The summed E-state index contributed by atoms with van der Waals surface area (Å²) in [7, 11) is 0. The zero-order chi connectivity index (χ0) is 27.2. The van der Waals surface area contributed by atoms with Crippen LogP contribution in [0.15, 0.2) is 152 Å². The first-order valence-electron chi connectivity index (χ1n) is 13.8. The lowest BCUT2D eigenvalue weighted by Crippen LogP contribution is -1.99. The van der Waals surface area contributed by atoms with E-state index >= 15 is 0 Å². The van der Waals surface area contributed by atoms with Gasteiger partial charge in [0.1, 0.15) is 5.82 Å². The summed E-state index contributed by atoms with van der Waals surface area (Å²) in [6.45, 7) is 0. The SMILES string of the molecule is c1ccc(-n2c(-c3c4ccccc4c(-c4ccccc4-c4cccnc4)c4ccccc34)nc3ccccc32)cc1. The van der Waals surface area contributed by atoms with E-state index in [4.69, 9.17) is 4.98 Å². The molecule has 0 aliphatic heterocycles. The minimum Gasteiger partial charge on any atom is -0.292 e. The molecule has 6 aromatic carbocycles. The predicted molar refractivity (Wildman–Crippen MR) is 170 cm³/mol. The molecule has 3 nitrogen and oxygen atoms in total.